The Morgan fingerprint density at radius 3 is 2.69 bits per heavy atom. The molecular weight excluding hydrogens is 368 g/mol. The van der Waals surface area contributed by atoms with Gasteiger partial charge < -0.3 is 14.5 Å². The smallest absolute Gasteiger partial charge is 0.357 e. The average Bonchev–Trinajstić information content (AvgIpc) is 3.07. The molecule has 1 N–H and O–H groups in total. The number of benzene rings is 1. The van der Waals surface area contributed by atoms with Gasteiger partial charge in [0.05, 0.1) is 41.0 Å². The highest BCUT2D eigenvalue weighted by Gasteiger charge is 2.23. The van der Waals surface area contributed by atoms with E-state index in [0.29, 0.717) is 11.1 Å². The summed E-state index contributed by atoms with van der Waals surface area (Å²) < 4.78 is 10.8. The highest BCUT2D eigenvalue weighted by Crippen LogP contribution is 2.34. The van der Waals surface area contributed by atoms with E-state index in [1.54, 1.807) is 13.3 Å². The summed E-state index contributed by atoms with van der Waals surface area (Å²) in [6, 6.07) is 3.96. The van der Waals surface area contributed by atoms with Crippen molar-refractivity contribution in [2.45, 2.75) is 46.3 Å². The van der Waals surface area contributed by atoms with Crippen LogP contribution in [0, 0.1) is 0 Å². The van der Waals surface area contributed by atoms with Crippen LogP contribution in [0.3, 0.4) is 0 Å². The predicted octanol–water partition coefficient (Wildman–Crippen LogP) is 4.32. The molecule has 29 heavy (non-hydrogen) atoms. The lowest BCUT2D eigenvalue weighted by Gasteiger charge is -2.12. The Morgan fingerprint density at radius 2 is 1.97 bits per heavy atom. The summed E-state index contributed by atoms with van der Waals surface area (Å²) in [5.74, 6) is -0.465. The van der Waals surface area contributed by atoms with Crippen LogP contribution in [0.15, 0.2) is 24.5 Å². The van der Waals surface area contributed by atoms with Gasteiger partial charge in [0.15, 0.2) is 5.69 Å². The van der Waals surface area contributed by atoms with Crippen LogP contribution in [0.1, 0.15) is 48.9 Å². The number of H-pyrrole nitrogens is 1. The van der Waals surface area contributed by atoms with E-state index in [9.17, 15) is 4.79 Å². The zero-order valence-electron chi connectivity index (χ0n) is 17.1. The second-order valence-corrected chi connectivity index (χ2v) is 7.36. The van der Waals surface area contributed by atoms with E-state index in [1.807, 2.05) is 32.2 Å². The molecule has 0 aliphatic carbocycles. The number of nitrogens with zero attached hydrogens (tertiary/aromatic N) is 3. The first-order valence-corrected chi connectivity index (χ1v) is 9.81. The van der Waals surface area contributed by atoms with Gasteiger partial charge in [-0.25, -0.2) is 14.8 Å². The minimum atomic E-state index is -0.465. The Labute approximate surface area is 168 Å². The summed E-state index contributed by atoms with van der Waals surface area (Å²) in [6.45, 7) is 5.99. The van der Waals surface area contributed by atoms with Gasteiger partial charge in [0.1, 0.15) is 0 Å². The Morgan fingerprint density at radius 1 is 1.14 bits per heavy atom. The van der Waals surface area contributed by atoms with Crippen LogP contribution in [-0.4, -0.2) is 39.1 Å². The fourth-order valence-corrected chi connectivity index (χ4v) is 3.66. The molecule has 4 aromatic rings. The summed E-state index contributed by atoms with van der Waals surface area (Å²) in [5, 5.41) is 1.73. The number of fused-ring (bicyclic) bond motifs is 5. The fourth-order valence-electron chi connectivity index (χ4n) is 3.66. The molecule has 0 aliphatic heterocycles. The maximum atomic E-state index is 12.7. The summed E-state index contributed by atoms with van der Waals surface area (Å²) in [4.78, 5) is 29.9. The SMILES string of the molecule is CCCc1cnc2c(ccc3nc4cnc(C(=O)OC(C)C)c(COC)c4c32)[nH]1. The van der Waals surface area contributed by atoms with E-state index in [4.69, 9.17) is 19.4 Å². The number of aryl methyl sites for hydroxylation is 1. The van der Waals surface area contributed by atoms with Crippen LogP contribution in [0.2, 0.25) is 0 Å². The molecule has 3 aromatic heterocycles. The zero-order valence-corrected chi connectivity index (χ0v) is 17.1. The van der Waals surface area contributed by atoms with E-state index < -0.39 is 5.97 Å². The third kappa shape index (κ3) is 3.42. The number of nitrogens with one attached hydrogen (secondary N) is 1. The number of hydrogen-bond donors (Lipinski definition) is 1. The third-order valence-electron chi connectivity index (χ3n) is 4.80. The van der Waals surface area contributed by atoms with Crippen molar-refractivity contribution in [2.75, 3.05) is 7.11 Å². The average molecular weight is 392 g/mol. The van der Waals surface area contributed by atoms with Crippen LogP contribution in [0.4, 0.5) is 0 Å². The van der Waals surface area contributed by atoms with Crippen molar-refractivity contribution in [3.63, 3.8) is 0 Å². The predicted molar refractivity (Wildman–Crippen MR) is 112 cm³/mol. The maximum Gasteiger partial charge on any atom is 0.357 e. The van der Waals surface area contributed by atoms with Gasteiger partial charge in [-0.3, -0.25) is 4.98 Å². The van der Waals surface area contributed by atoms with Crippen molar-refractivity contribution in [1.29, 1.82) is 0 Å². The number of pyridine rings is 1. The Kier molecular flexibility index (Phi) is 5.15. The zero-order chi connectivity index (χ0) is 20.5. The van der Waals surface area contributed by atoms with Crippen LogP contribution in [-0.2, 0) is 22.5 Å². The molecule has 7 nitrogen and oxygen atoms in total. The number of ether oxygens (including phenoxy) is 2. The molecule has 0 unspecified atom stereocenters. The maximum absolute atomic E-state index is 12.7. The van der Waals surface area contributed by atoms with Gasteiger partial charge in [-0.1, -0.05) is 13.3 Å². The molecule has 0 saturated carbocycles. The van der Waals surface area contributed by atoms with Crippen molar-refractivity contribution in [1.82, 2.24) is 19.9 Å². The number of aromatic nitrogens is 4. The largest absolute Gasteiger partial charge is 0.458 e. The molecule has 0 amide bonds. The Balaban J connectivity index is 2.03. The van der Waals surface area contributed by atoms with Gasteiger partial charge in [-0.05, 0) is 32.4 Å². The second kappa shape index (κ2) is 7.75. The molecule has 0 saturated heterocycles. The molecule has 4 rings (SSSR count). The van der Waals surface area contributed by atoms with Crippen molar-refractivity contribution >= 4 is 38.8 Å². The molecule has 0 aliphatic rings. The number of esters is 1. The minimum absolute atomic E-state index is 0.224. The van der Waals surface area contributed by atoms with Crippen molar-refractivity contribution in [3.05, 3.63) is 41.5 Å². The molecule has 0 bridgehead atoms. The third-order valence-corrected chi connectivity index (χ3v) is 4.80. The minimum Gasteiger partial charge on any atom is -0.458 e. The summed E-state index contributed by atoms with van der Waals surface area (Å²) in [6.07, 6.45) is 5.23. The first-order valence-electron chi connectivity index (χ1n) is 9.81. The first kappa shape index (κ1) is 19.3. The van der Waals surface area contributed by atoms with Gasteiger partial charge >= 0.3 is 5.97 Å². The van der Waals surface area contributed by atoms with Crippen LogP contribution >= 0.6 is 0 Å². The number of aromatic amines is 1. The van der Waals surface area contributed by atoms with Crippen molar-refractivity contribution in [3.8, 4) is 0 Å². The van der Waals surface area contributed by atoms with Crippen LogP contribution in [0.5, 0.6) is 0 Å². The van der Waals surface area contributed by atoms with E-state index in [0.717, 1.165) is 45.9 Å². The van der Waals surface area contributed by atoms with E-state index in [-0.39, 0.29) is 18.4 Å². The standard InChI is InChI=1S/C22H24N4O3/c1-5-6-13-9-23-21-16(25-13)8-7-15-19(21)18-14(11-28-4)20(22(27)29-12(2)3)24-10-17(18)26-15/h7-10,12,25H,5-6,11H2,1-4H3. The molecule has 0 spiro atoms. The first-order chi connectivity index (χ1) is 14.0. The van der Waals surface area contributed by atoms with E-state index >= 15 is 0 Å². The van der Waals surface area contributed by atoms with Gasteiger partial charge in [0.25, 0.3) is 0 Å². The van der Waals surface area contributed by atoms with Crippen LogP contribution in [0.25, 0.3) is 32.8 Å². The number of carbonyl (C=O) groups is 1. The second-order valence-electron chi connectivity index (χ2n) is 7.36. The van der Waals surface area contributed by atoms with Crippen molar-refractivity contribution < 1.29 is 14.3 Å². The lowest BCUT2D eigenvalue weighted by Crippen LogP contribution is -2.15. The van der Waals surface area contributed by atoms with Crippen LogP contribution < -0.4 is 0 Å². The summed E-state index contributed by atoms with van der Waals surface area (Å²) in [7, 11) is 1.59. The number of rotatable bonds is 6. The van der Waals surface area contributed by atoms with E-state index in [1.165, 1.54) is 0 Å². The fraction of sp³-hybridized carbons (Fsp3) is 0.364. The Hall–Kier alpha value is -3.06. The molecule has 150 valence electrons. The molecule has 0 radical (unpaired) electrons. The molecule has 3 heterocycles. The van der Waals surface area contributed by atoms with E-state index in [2.05, 4.69) is 16.9 Å². The molecule has 1 aromatic carbocycles. The molecule has 7 heteroatoms. The lowest BCUT2D eigenvalue weighted by atomic mass is 10.0. The Bertz CT molecular complexity index is 1210. The summed E-state index contributed by atoms with van der Waals surface area (Å²) in [5.41, 5.74) is 5.28. The molecule has 0 atom stereocenters. The number of carbonyl (C=O) groups excluding carboxylic acids is 1. The quantitative estimate of drug-likeness (QED) is 0.491. The van der Waals surface area contributed by atoms with Crippen molar-refractivity contribution in [2.24, 2.45) is 0 Å². The normalized spacial score (nSPS) is 11.8. The summed E-state index contributed by atoms with van der Waals surface area (Å²) >= 11 is 0. The monoisotopic (exact) mass is 392 g/mol. The number of methoxy groups -OCH3 is 1. The lowest BCUT2D eigenvalue weighted by molar-refractivity contribution is 0.0366. The molecular formula is C22H24N4O3. The van der Waals surface area contributed by atoms with Gasteiger partial charge in [0, 0.05) is 35.3 Å². The highest BCUT2D eigenvalue weighted by atomic mass is 16.5. The number of hydrogen-bond acceptors (Lipinski definition) is 6. The molecule has 0 fully saturated rings. The topological polar surface area (TPSA) is 90.0 Å². The highest BCUT2D eigenvalue weighted by molar-refractivity contribution is 6.20. The van der Waals surface area contributed by atoms with Gasteiger partial charge in [-0.2, -0.15) is 0 Å². The van der Waals surface area contributed by atoms with Gasteiger partial charge in [-0.15, -0.1) is 0 Å². The van der Waals surface area contributed by atoms with Gasteiger partial charge in [0.2, 0.25) is 0 Å².